The van der Waals surface area contributed by atoms with Gasteiger partial charge in [0.05, 0.1) is 6.04 Å². The van der Waals surface area contributed by atoms with E-state index in [4.69, 9.17) is 0 Å². The quantitative estimate of drug-likeness (QED) is 0.627. The van der Waals surface area contributed by atoms with Crippen LogP contribution in [0.5, 0.6) is 0 Å². The molecule has 2 unspecified atom stereocenters. The standard InChI is InChI=1S/C8H17NOS/c1-5(2)8(10)7(9-4)6(3)11/h5-7,9,11H,1-4H3. The van der Waals surface area contributed by atoms with E-state index in [-0.39, 0.29) is 23.0 Å². The van der Waals surface area contributed by atoms with Gasteiger partial charge in [0, 0.05) is 11.2 Å². The molecule has 11 heavy (non-hydrogen) atoms. The number of Topliss-reactive ketones (excluding diaryl/α,β-unsaturated/α-hetero) is 1. The molecule has 0 heterocycles. The molecule has 0 spiro atoms. The molecule has 0 aliphatic heterocycles. The fourth-order valence-corrected chi connectivity index (χ4v) is 1.28. The van der Waals surface area contributed by atoms with Crippen LogP contribution in [0.3, 0.4) is 0 Å². The van der Waals surface area contributed by atoms with Gasteiger partial charge in [-0.05, 0) is 7.05 Å². The summed E-state index contributed by atoms with van der Waals surface area (Å²) in [6, 6.07) is -0.113. The minimum Gasteiger partial charge on any atom is -0.310 e. The lowest BCUT2D eigenvalue weighted by Crippen LogP contribution is -2.42. The second kappa shape index (κ2) is 4.78. The zero-order valence-corrected chi connectivity index (χ0v) is 8.48. The summed E-state index contributed by atoms with van der Waals surface area (Å²) in [5.74, 6) is 0.317. The predicted octanol–water partition coefficient (Wildman–Crippen LogP) is 1.12. The van der Waals surface area contributed by atoms with Crippen molar-refractivity contribution in [3.63, 3.8) is 0 Å². The molecule has 0 rings (SSSR count). The summed E-state index contributed by atoms with van der Waals surface area (Å²) in [6.45, 7) is 5.73. The van der Waals surface area contributed by atoms with E-state index in [0.29, 0.717) is 0 Å². The number of rotatable bonds is 4. The van der Waals surface area contributed by atoms with E-state index in [1.54, 1.807) is 7.05 Å². The largest absolute Gasteiger partial charge is 0.310 e. The lowest BCUT2D eigenvalue weighted by atomic mass is 10.00. The van der Waals surface area contributed by atoms with Gasteiger partial charge in [-0.1, -0.05) is 20.8 Å². The molecule has 0 amide bonds. The molecule has 2 atom stereocenters. The van der Waals surface area contributed by atoms with E-state index in [2.05, 4.69) is 17.9 Å². The Morgan fingerprint density at radius 2 is 1.82 bits per heavy atom. The van der Waals surface area contributed by atoms with E-state index in [0.717, 1.165) is 0 Å². The van der Waals surface area contributed by atoms with Crippen LogP contribution in [0.2, 0.25) is 0 Å². The number of hydrogen-bond acceptors (Lipinski definition) is 3. The molecule has 0 aliphatic rings. The van der Waals surface area contributed by atoms with Gasteiger partial charge in [0.15, 0.2) is 5.78 Å². The van der Waals surface area contributed by atoms with Crippen molar-refractivity contribution in [3.8, 4) is 0 Å². The van der Waals surface area contributed by atoms with Crippen LogP contribution in [0.1, 0.15) is 20.8 Å². The van der Waals surface area contributed by atoms with Crippen molar-refractivity contribution in [2.45, 2.75) is 32.1 Å². The normalized spacial score (nSPS) is 16.5. The number of carbonyl (C=O) groups is 1. The third-order valence-electron chi connectivity index (χ3n) is 1.67. The lowest BCUT2D eigenvalue weighted by molar-refractivity contribution is -0.123. The number of thiol groups is 1. The van der Waals surface area contributed by atoms with Crippen molar-refractivity contribution in [2.75, 3.05) is 7.05 Å². The Hall–Kier alpha value is -0.0200. The first-order valence-corrected chi connectivity index (χ1v) is 4.41. The first kappa shape index (κ1) is 11.0. The third kappa shape index (κ3) is 3.25. The van der Waals surface area contributed by atoms with E-state index in [1.165, 1.54) is 0 Å². The van der Waals surface area contributed by atoms with Crippen LogP contribution in [0.4, 0.5) is 0 Å². The van der Waals surface area contributed by atoms with E-state index in [1.807, 2.05) is 20.8 Å². The minimum atomic E-state index is -0.113. The highest BCUT2D eigenvalue weighted by molar-refractivity contribution is 7.81. The number of ketones is 1. The SMILES string of the molecule is CNC(C(=O)C(C)C)C(C)S. The predicted molar refractivity (Wildman–Crippen MR) is 51.1 cm³/mol. The average Bonchev–Trinajstić information content (AvgIpc) is 1.88. The summed E-state index contributed by atoms with van der Waals surface area (Å²) >= 11 is 4.22. The molecule has 0 aromatic carbocycles. The fraction of sp³-hybridized carbons (Fsp3) is 0.875. The Balaban J connectivity index is 4.15. The summed E-state index contributed by atoms with van der Waals surface area (Å²) in [6.07, 6.45) is 0. The van der Waals surface area contributed by atoms with Gasteiger partial charge in [-0.2, -0.15) is 12.6 Å². The average molecular weight is 175 g/mol. The maximum Gasteiger partial charge on any atom is 0.153 e. The molecule has 0 bridgehead atoms. The second-order valence-electron chi connectivity index (χ2n) is 3.06. The molecule has 66 valence electrons. The summed E-state index contributed by atoms with van der Waals surface area (Å²) in [7, 11) is 1.79. The van der Waals surface area contributed by atoms with Crippen LogP contribution in [0.15, 0.2) is 0 Å². The smallest absolute Gasteiger partial charge is 0.153 e. The van der Waals surface area contributed by atoms with Gasteiger partial charge >= 0.3 is 0 Å². The molecule has 0 aromatic heterocycles. The first-order chi connectivity index (χ1) is 5.00. The molecule has 0 fully saturated rings. The highest BCUT2D eigenvalue weighted by Gasteiger charge is 2.22. The van der Waals surface area contributed by atoms with Crippen LogP contribution in [0, 0.1) is 5.92 Å². The summed E-state index contributed by atoms with van der Waals surface area (Å²) < 4.78 is 0. The number of nitrogens with one attached hydrogen (secondary N) is 1. The van der Waals surface area contributed by atoms with Crippen LogP contribution in [-0.2, 0) is 4.79 Å². The third-order valence-corrected chi connectivity index (χ3v) is 1.97. The molecule has 0 radical (unpaired) electrons. The van der Waals surface area contributed by atoms with Crippen molar-refractivity contribution in [1.29, 1.82) is 0 Å². The maximum atomic E-state index is 11.4. The topological polar surface area (TPSA) is 29.1 Å². The fourth-order valence-electron chi connectivity index (χ4n) is 0.980. The van der Waals surface area contributed by atoms with Gasteiger partial charge in [-0.25, -0.2) is 0 Å². The Labute approximate surface area is 74.2 Å². The van der Waals surface area contributed by atoms with Crippen LogP contribution in [0.25, 0.3) is 0 Å². The monoisotopic (exact) mass is 175 g/mol. The molecular weight excluding hydrogens is 158 g/mol. The van der Waals surface area contributed by atoms with Gasteiger partial charge < -0.3 is 5.32 Å². The second-order valence-corrected chi connectivity index (χ2v) is 3.88. The van der Waals surface area contributed by atoms with Crippen LogP contribution < -0.4 is 5.32 Å². The van der Waals surface area contributed by atoms with Crippen molar-refractivity contribution >= 4 is 18.4 Å². The molecule has 1 N–H and O–H groups in total. The summed E-state index contributed by atoms with van der Waals surface area (Å²) in [5, 5.41) is 3.04. The number of likely N-dealkylation sites (N-methyl/N-ethyl adjacent to an activating group) is 1. The Bertz CT molecular complexity index is 134. The Morgan fingerprint density at radius 1 is 1.36 bits per heavy atom. The van der Waals surface area contributed by atoms with Crippen molar-refractivity contribution in [2.24, 2.45) is 5.92 Å². The molecule has 2 nitrogen and oxygen atoms in total. The van der Waals surface area contributed by atoms with Crippen LogP contribution >= 0.6 is 12.6 Å². The molecule has 0 saturated carbocycles. The number of carbonyl (C=O) groups excluding carboxylic acids is 1. The number of hydrogen-bond donors (Lipinski definition) is 2. The lowest BCUT2D eigenvalue weighted by Gasteiger charge is -2.19. The van der Waals surface area contributed by atoms with Gasteiger partial charge in [-0.3, -0.25) is 4.79 Å². The molecule has 0 aromatic rings. The van der Waals surface area contributed by atoms with Crippen molar-refractivity contribution in [1.82, 2.24) is 5.32 Å². The van der Waals surface area contributed by atoms with E-state index >= 15 is 0 Å². The molecule has 3 heteroatoms. The maximum absolute atomic E-state index is 11.4. The highest BCUT2D eigenvalue weighted by Crippen LogP contribution is 2.07. The van der Waals surface area contributed by atoms with E-state index < -0.39 is 0 Å². The van der Waals surface area contributed by atoms with Gasteiger partial charge in [0.1, 0.15) is 0 Å². The minimum absolute atomic E-state index is 0.0786. The molecule has 0 saturated heterocycles. The van der Waals surface area contributed by atoms with Gasteiger partial charge in [0.2, 0.25) is 0 Å². The summed E-state index contributed by atoms with van der Waals surface area (Å²) in [5.41, 5.74) is 0. The Kier molecular flexibility index (Phi) is 4.77. The first-order valence-electron chi connectivity index (χ1n) is 3.89. The molecule has 0 aliphatic carbocycles. The summed E-state index contributed by atoms with van der Waals surface area (Å²) in [4.78, 5) is 11.4. The molecular formula is C8H17NOS. The van der Waals surface area contributed by atoms with Gasteiger partial charge in [0.25, 0.3) is 0 Å². The van der Waals surface area contributed by atoms with Crippen LogP contribution in [-0.4, -0.2) is 24.1 Å². The zero-order valence-electron chi connectivity index (χ0n) is 7.59. The van der Waals surface area contributed by atoms with Crippen molar-refractivity contribution in [3.05, 3.63) is 0 Å². The van der Waals surface area contributed by atoms with Crippen molar-refractivity contribution < 1.29 is 4.79 Å². The van der Waals surface area contributed by atoms with E-state index in [9.17, 15) is 4.79 Å². The Morgan fingerprint density at radius 3 is 1.91 bits per heavy atom. The van der Waals surface area contributed by atoms with Gasteiger partial charge in [-0.15, -0.1) is 0 Å². The zero-order chi connectivity index (χ0) is 9.02. The highest BCUT2D eigenvalue weighted by atomic mass is 32.1.